The molecule has 0 amide bonds. The van der Waals surface area contributed by atoms with E-state index in [1.165, 1.54) is 0 Å². The van der Waals surface area contributed by atoms with E-state index < -0.39 is 6.29 Å². The molecule has 0 saturated carbocycles. The van der Waals surface area contributed by atoms with Crippen LogP contribution >= 0.6 is 11.8 Å². The Balaban J connectivity index is 2.11. The van der Waals surface area contributed by atoms with E-state index in [4.69, 9.17) is 9.47 Å². The van der Waals surface area contributed by atoms with E-state index in [-0.39, 0.29) is 5.56 Å². The molecule has 0 radical (unpaired) electrons. The van der Waals surface area contributed by atoms with Gasteiger partial charge in [0.2, 0.25) is 6.29 Å². The maximum absolute atomic E-state index is 12.8. The molecule has 3 rings (SSSR count). The Kier molecular flexibility index (Phi) is 4.61. The fraction of sp³-hybridized carbons (Fsp3) is 0.375. The zero-order valence-corrected chi connectivity index (χ0v) is 13.4. The minimum absolute atomic E-state index is 0.00736. The Morgan fingerprint density at radius 1 is 1.27 bits per heavy atom. The summed E-state index contributed by atoms with van der Waals surface area (Å²) in [7, 11) is 3.11. The third-order valence-corrected chi connectivity index (χ3v) is 4.64. The first-order valence-corrected chi connectivity index (χ1v) is 8.09. The molecule has 0 spiro atoms. The molecule has 1 aliphatic rings. The van der Waals surface area contributed by atoms with Crippen LogP contribution in [0.5, 0.6) is 0 Å². The highest BCUT2D eigenvalue weighted by atomic mass is 32.2. The van der Waals surface area contributed by atoms with Crippen molar-refractivity contribution in [2.75, 3.05) is 20.0 Å². The lowest BCUT2D eigenvalue weighted by Crippen LogP contribution is -2.28. The minimum Gasteiger partial charge on any atom is -0.350 e. The van der Waals surface area contributed by atoms with Gasteiger partial charge in [0.1, 0.15) is 5.69 Å². The predicted octanol–water partition coefficient (Wildman–Crippen LogP) is 2.23. The summed E-state index contributed by atoms with van der Waals surface area (Å²) >= 11 is 1.59. The van der Waals surface area contributed by atoms with Gasteiger partial charge < -0.3 is 9.47 Å². The lowest BCUT2D eigenvalue weighted by atomic mass is 10.0. The SMILES string of the molecule is COC(OC)c1nc2n(c(=O)c1Cc1ccccc1)CCS2. The van der Waals surface area contributed by atoms with Crippen LogP contribution in [-0.4, -0.2) is 29.5 Å². The molecule has 22 heavy (non-hydrogen) atoms. The lowest BCUT2D eigenvalue weighted by molar-refractivity contribution is -0.109. The Labute approximate surface area is 133 Å². The second kappa shape index (κ2) is 6.64. The largest absolute Gasteiger partial charge is 0.350 e. The number of benzene rings is 1. The number of hydrogen-bond acceptors (Lipinski definition) is 5. The third-order valence-electron chi connectivity index (χ3n) is 3.68. The molecule has 0 aliphatic carbocycles. The number of rotatable bonds is 5. The molecule has 1 aromatic heterocycles. The Hall–Kier alpha value is -1.63. The quantitative estimate of drug-likeness (QED) is 0.625. The fourth-order valence-electron chi connectivity index (χ4n) is 2.61. The first-order chi connectivity index (χ1) is 10.7. The lowest BCUT2D eigenvalue weighted by Gasteiger charge is -2.18. The fourth-order valence-corrected chi connectivity index (χ4v) is 3.56. The number of ether oxygens (including phenoxy) is 2. The summed E-state index contributed by atoms with van der Waals surface area (Å²) in [6, 6.07) is 9.90. The molecule has 1 aromatic carbocycles. The molecule has 2 heterocycles. The highest BCUT2D eigenvalue weighted by Crippen LogP contribution is 2.27. The number of nitrogens with zero attached hydrogens (tertiary/aromatic N) is 2. The van der Waals surface area contributed by atoms with Crippen molar-refractivity contribution in [1.29, 1.82) is 0 Å². The van der Waals surface area contributed by atoms with Crippen molar-refractivity contribution in [2.24, 2.45) is 0 Å². The Morgan fingerprint density at radius 3 is 2.68 bits per heavy atom. The van der Waals surface area contributed by atoms with Crippen LogP contribution in [0.25, 0.3) is 0 Å². The van der Waals surface area contributed by atoms with E-state index in [1.807, 2.05) is 30.3 Å². The first kappa shape index (κ1) is 15.3. The number of methoxy groups -OCH3 is 2. The van der Waals surface area contributed by atoms with Crippen molar-refractivity contribution in [3.05, 3.63) is 57.5 Å². The second-order valence-electron chi connectivity index (χ2n) is 5.03. The van der Waals surface area contributed by atoms with Crippen LogP contribution < -0.4 is 5.56 Å². The highest BCUT2D eigenvalue weighted by molar-refractivity contribution is 7.99. The molecule has 5 nitrogen and oxygen atoms in total. The van der Waals surface area contributed by atoms with Crippen molar-refractivity contribution in [3.63, 3.8) is 0 Å². The van der Waals surface area contributed by atoms with Crippen LogP contribution in [0.3, 0.4) is 0 Å². The van der Waals surface area contributed by atoms with Crippen LogP contribution in [0, 0.1) is 0 Å². The van der Waals surface area contributed by atoms with Gasteiger partial charge in [-0.1, -0.05) is 42.1 Å². The van der Waals surface area contributed by atoms with Crippen LogP contribution in [0.15, 0.2) is 40.3 Å². The van der Waals surface area contributed by atoms with Crippen molar-refractivity contribution in [3.8, 4) is 0 Å². The topological polar surface area (TPSA) is 53.4 Å². The summed E-state index contributed by atoms with van der Waals surface area (Å²) < 4.78 is 12.4. The zero-order chi connectivity index (χ0) is 15.5. The maximum atomic E-state index is 12.8. The van der Waals surface area contributed by atoms with Crippen LogP contribution in [-0.2, 0) is 22.4 Å². The molecule has 0 N–H and O–H groups in total. The van der Waals surface area contributed by atoms with Gasteiger partial charge in [0, 0.05) is 38.5 Å². The minimum atomic E-state index is -0.626. The molecule has 6 heteroatoms. The standard InChI is InChI=1S/C16H18N2O3S/c1-20-15(21-2)13-12(10-11-6-4-3-5-7-11)14(19)18-8-9-22-16(18)17-13/h3-7,15H,8-10H2,1-2H3. The number of thioether (sulfide) groups is 1. The van der Waals surface area contributed by atoms with Gasteiger partial charge >= 0.3 is 0 Å². The normalized spacial score (nSPS) is 13.6. The molecule has 0 atom stereocenters. The van der Waals surface area contributed by atoms with Crippen LogP contribution in [0.1, 0.15) is 23.1 Å². The molecular weight excluding hydrogens is 300 g/mol. The summed E-state index contributed by atoms with van der Waals surface area (Å²) in [5.41, 5.74) is 2.30. The van der Waals surface area contributed by atoms with Gasteiger partial charge in [-0.05, 0) is 5.56 Å². The van der Waals surface area contributed by atoms with E-state index >= 15 is 0 Å². The Bertz CT molecular complexity index is 711. The highest BCUT2D eigenvalue weighted by Gasteiger charge is 2.25. The molecule has 116 valence electrons. The van der Waals surface area contributed by atoms with Gasteiger partial charge in [-0.2, -0.15) is 0 Å². The molecule has 0 saturated heterocycles. The van der Waals surface area contributed by atoms with E-state index in [0.29, 0.717) is 24.2 Å². The van der Waals surface area contributed by atoms with Gasteiger partial charge in [-0.15, -0.1) is 0 Å². The third kappa shape index (κ3) is 2.82. The molecule has 1 aliphatic heterocycles. The summed E-state index contributed by atoms with van der Waals surface area (Å²) in [5.74, 6) is 0.876. The number of aromatic nitrogens is 2. The second-order valence-corrected chi connectivity index (χ2v) is 6.09. The zero-order valence-electron chi connectivity index (χ0n) is 12.6. The van der Waals surface area contributed by atoms with Crippen molar-refractivity contribution < 1.29 is 9.47 Å². The van der Waals surface area contributed by atoms with Crippen molar-refractivity contribution in [2.45, 2.75) is 24.4 Å². The van der Waals surface area contributed by atoms with Crippen LogP contribution in [0.2, 0.25) is 0 Å². The monoisotopic (exact) mass is 318 g/mol. The number of hydrogen-bond donors (Lipinski definition) is 0. The predicted molar refractivity (Wildman–Crippen MR) is 85.2 cm³/mol. The molecule has 0 unspecified atom stereocenters. The van der Waals surface area contributed by atoms with E-state index in [2.05, 4.69) is 4.98 Å². The molecule has 0 fully saturated rings. The average Bonchev–Trinajstić information content (AvgIpc) is 3.02. The summed E-state index contributed by atoms with van der Waals surface area (Å²) in [6.45, 7) is 0.707. The van der Waals surface area contributed by atoms with Crippen molar-refractivity contribution >= 4 is 11.8 Å². The average molecular weight is 318 g/mol. The maximum Gasteiger partial charge on any atom is 0.258 e. The van der Waals surface area contributed by atoms with Gasteiger partial charge in [0.25, 0.3) is 5.56 Å². The first-order valence-electron chi connectivity index (χ1n) is 7.10. The Morgan fingerprint density at radius 2 is 2.00 bits per heavy atom. The summed E-state index contributed by atoms with van der Waals surface area (Å²) in [5, 5.41) is 0.746. The van der Waals surface area contributed by atoms with Gasteiger partial charge in [0.15, 0.2) is 5.16 Å². The molecular formula is C16H18N2O3S. The molecule has 0 bridgehead atoms. The summed E-state index contributed by atoms with van der Waals surface area (Å²) in [4.78, 5) is 17.4. The van der Waals surface area contributed by atoms with Crippen LogP contribution in [0.4, 0.5) is 0 Å². The van der Waals surface area contributed by atoms with Gasteiger partial charge in [0.05, 0.1) is 0 Å². The van der Waals surface area contributed by atoms with E-state index in [9.17, 15) is 4.79 Å². The molecule has 2 aromatic rings. The number of fused-ring (bicyclic) bond motifs is 1. The van der Waals surface area contributed by atoms with Gasteiger partial charge in [-0.25, -0.2) is 4.98 Å². The van der Waals surface area contributed by atoms with E-state index in [1.54, 1.807) is 30.5 Å². The van der Waals surface area contributed by atoms with Gasteiger partial charge in [-0.3, -0.25) is 9.36 Å². The van der Waals surface area contributed by atoms with E-state index in [0.717, 1.165) is 16.5 Å². The van der Waals surface area contributed by atoms with Crippen molar-refractivity contribution in [1.82, 2.24) is 9.55 Å². The smallest absolute Gasteiger partial charge is 0.258 e. The summed E-state index contributed by atoms with van der Waals surface area (Å²) in [6.07, 6.45) is -0.102.